The zero-order valence-corrected chi connectivity index (χ0v) is 19.6. The zero-order valence-electron chi connectivity index (χ0n) is 19.6. The molecular weight excluding hydrogens is 447 g/mol. The first kappa shape index (κ1) is 23.7. The Kier molecular flexibility index (Phi) is 6.91. The van der Waals surface area contributed by atoms with Crippen molar-refractivity contribution in [2.75, 3.05) is 21.2 Å². The molecule has 7 nitrogen and oxygen atoms in total. The Bertz CT molecular complexity index is 1380. The van der Waals surface area contributed by atoms with Crippen LogP contribution in [0.5, 0.6) is 5.75 Å². The van der Waals surface area contributed by atoms with E-state index < -0.39 is 11.9 Å². The standard InChI is InChI=1S/C27H25FN4O3/c1-32(2)27(34)24(18-7-5-4-6-8-18)29-26(33)20-14-16-22-23(25(20)35-3)21(30-31-22)15-11-17-9-12-19(28)13-10-17/h4-16,24H,1-3H3,(H,29,33)(H,30,31)/t24-/m0/s1. The van der Waals surface area contributed by atoms with E-state index in [0.717, 1.165) is 5.56 Å². The van der Waals surface area contributed by atoms with Gasteiger partial charge >= 0.3 is 0 Å². The number of benzene rings is 3. The summed E-state index contributed by atoms with van der Waals surface area (Å²) in [6.07, 6.45) is 3.56. The average molecular weight is 473 g/mol. The lowest BCUT2D eigenvalue weighted by Gasteiger charge is -2.22. The summed E-state index contributed by atoms with van der Waals surface area (Å²) >= 11 is 0. The minimum absolute atomic E-state index is 0.254. The number of halogens is 1. The molecule has 178 valence electrons. The Morgan fingerprint density at radius 1 is 1.03 bits per heavy atom. The molecule has 0 aliphatic heterocycles. The van der Waals surface area contributed by atoms with E-state index in [9.17, 15) is 14.0 Å². The molecule has 0 bridgehead atoms. The number of amides is 2. The first-order valence-corrected chi connectivity index (χ1v) is 10.9. The van der Waals surface area contributed by atoms with Crippen LogP contribution in [0.1, 0.15) is 33.2 Å². The van der Waals surface area contributed by atoms with E-state index in [-0.39, 0.29) is 17.3 Å². The van der Waals surface area contributed by atoms with E-state index in [4.69, 9.17) is 4.74 Å². The van der Waals surface area contributed by atoms with Crippen molar-refractivity contribution in [3.8, 4) is 5.75 Å². The van der Waals surface area contributed by atoms with Crippen molar-refractivity contribution in [3.63, 3.8) is 0 Å². The highest BCUT2D eigenvalue weighted by molar-refractivity contribution is 6.06. The van der Waals surface area contributed by atoms with Gasteiger partial charge in [0.05, 0.1) is 29.3 Å². The number of nitrogens with one attached hydrogen (secondary N) is 2. The van der Waals surface area contributed by atoms with Crippen LogP contribution in [-0.4, -0.2) is 48.1 Å². The summed E-state index contributed by atoms with van der Waals surface area (Å²) in [5.41, 5.74) is 2.97. The highest BCUT2D eigenvalue weighted by Crippen LogP contribution is 2.33. The molecule has 3 aromatic carbocycles. The van der Waals surface area contributed by atoms with Gasteiger partial charge in [0.1, 0.15) is 17.6 Å². The number of aromatic nitrogens is 2. The number of hydrogen-bond acceptors (Lipinski definition) is 4. The number of H-pyrrole nitrogens is 1. The molecule has 1 aromatic heterocycles. The summed E-state index contributed by atoms with van der Waals surface area (Å²) in [6.45, 7) is 0. The molecule has 0 fully saturated rings. The summed E-state index contributed by atoms with van der Waals surface area (Å²) in [6, 6.07) is 17.6. The Morgan fingerprint density at radius 3 is 2.40 bits per heavy atom. The largest absolute Gasteiger partial charge is 0.495 e. The fourth-order valence-electron chi connectivity index (χ4n) is 3.77. The van der Waals surface area contributed by atoms with E-state index in [0.29, 0.717) is 27.9 Å². The van der Waals surface area contributed by atoms with Gasteiger partial charge in [-0.25, -0.2) is 4.39 Å². The fourth-order valence-corrected chi connectivity index (χ4v) is 3.77. The molecule has 0 unspecified atom stereocenters. The third-order valence-corrected chi connectivity index (χ3v) is 5.56. The van der Waals surface area contributed by atoms with Crippen LogP contribution in [0.4, 0.5) is 4.39 Å². The molecule has 2 amide bonds. The van der Waals surface area contributed by atoms with Crippen molar-refractivity contribution >= 4 is 34.9 Å². The molecule has 2 N–H and O–H groups in total. The molecule has 1 heterocycles. The van der Waals surface area contributed by atoms with Gasteiger partial charge in [-0.2, -0.15) is 5.10 Å². The highest BCUT2D eigenvalue weighted by atomic mass is 19.1. The first-order valence-electron chi connectivity index (χ1n) is 10.9. The molecule has 0 spiro atoms. The Morgan fingerprint density at radius 2 is 1.74 bits per heavy atom. The molecule has 0 aliphatic rings. The van der Waals surface area contributed by atoms with Crippen molar-refractivity contribution < 1.29 is 18.7 Å². The number of carbonyl (C=O) groups excluding carboxylic acids is 2. The number of carbonyl (C=O) groups is 2. The topological polar surface area (TPSA) is 87.3 Å². The molecule has 0 saturated heterocycles. The molecular formula is C27H25FN4O3. The average Bonchev–Trinajstić information content (AvgIpc) is 3.29. The molecule has 4 aromatic rings. The van der Waals surface area contributed by atoms with E-state index in [1.165, 1.54) is 24.1 Å². The number of likely N-dealkylation sites (N-methyl/N-ethyl adjacent to an activating group) is 1. The first-order chi connectivity index (χ1) is 16.9. The third-order valence-electron chi connectivity index (χ3n) is 5.56. The van der Waals surface area contributed by atoms with Gasteiger partial charge in [-0.05, 0) is 41.5 Å². The minimum Gasteiger partial charge on any atom is -0.495 e. The molecule has 0 aliphatic carbocycles. The van der Waals surface area contributed by atoms with E-state index in [1.54, 1.807) is 62.6 Å². The quantitative estimate of drug-likeness (QED) is 0.416. The van der Waals surface area contributed by atoms with Gasteiger partial charge in [-0.1, -0.05) is 48.5 Å². The van der Waals surface area contributed by atoms with E-state index in [2.05, 4.69) is 15.5 Å². The van der Waals surface area contributed by atoms with E-state index >= 15 is 0 Å². The predicted octanol–water partition coefficient (Wildman–Crippen LogP) is 4.44. The molecule has 8 heteroatoms. The lowest BCUT2D eigenvalue weighted by atomic mass is 10.0. The minimum atomic E-state index is -0.860. The van der Waals surface area contributed by atoms with Gasteiger partial charge in [-0.15, -0.1) is 0 Å². The van der Waals surface area contributed by atoms with Gasteiger partial charge in [0.2, 0.25) is 5.91 Å². The van der Waals surface area contributed by atoms with Crippen LogP contribution >= 0.6 is 0 Å². The summed E-state index contributed by atoms with van der Waals surface area (Å²) in [5, 5.41) is 10.7. The number of methoxy groups -OCH3 is 1. The smallest absolute Gasteiger partial charge is 0.255 e. The van der Waals surface area contributed by atoms with Crippen LogP contribution in [0.2, 0.25) is 0 Å². The number of hydrogen-bond donors (Lipinski definition) is 2. The number of rotatable bonds is 7. The maximum absolute atomic E-state index is 13.4. The zero-order chi connectivity index (χ0) is 24.9. The fraction of sp³-hybridized carbons (Fsp3) is 0.148. The van der Waals surface area contributed by atoms with Crippen LogP contribution in [0, 0.1) is 5.82 Å². The van der Waals surface area contributed by atoms with Crippen LogP contribution in [0.3, 0.4) is 0 Å². The SMILES string of the molecule is COc1c(C(=O)N[C@H](C(=O)N(C)C)c2ccccc2)ccc2[nH]nc(C=Cc3ccc(F)cc3)c12. The second-order valence-corrected chi connectivity index (χ2v) is 8.11. The number of aromatic amines is 1. The van der Waals surface area contributed by atoms with Gasteiger partial charge in [0.15, 0.2) is 0 Å². The molecule has 0 radical (unpaired) electrons. The summed E-state index contributed by atoms with van der Waals surface area (Å²) in [5.74, 6) is -0.693. The predicted molar refractivity (Wildman–Crippen MR) is 133 cm³/mol. The summed E-state index contributed by atoms with van der Waals surface area (Å²) in [4.78, 5) is 27.7. The summed E-state index contributed by atoms with van der Waals surface area (Å²) < 4.78 is 18.8. The van der Waals surface area contributed by atoms with Crippen molar-refractivity contribution in [3.05, 3.63) is 94.9 Å². The number of ether oxygens (including phenoxy) is 1. The van der Waals surface area contributed by atoms with Crippen LogP contribution in [0.15, 0.2) is 66.7 Å². The maximum atomic E-state index is 13.4. The highest BCUT2D eigenvalue weighted by Gasteiger charge is 2.27. The number of fused-ring (bicyclic) bond motifs is 1. The van der Waals surface area contributed by atoms with Crippen molar-refractivity contribution in [1.82, 2.24) is 20.4 Å². The van der Waals surface area contributed by atoms with Crippen LogP contribution < -0.4 is 10.1 Å². The Hall–Kier alpha value is -4.46. The normalized spacial score (nSPS) is 12.0. The molecule has 1 atom stereocenters. The molecule has 35 heavy (non-hydrogen) atoms. The van der Waals surface area contributed by atoms with Gasteiger partial charge in [-0.3, -0.25) is 14.7 Å². The third kappa shape index (κ3) is 5.06. The second-order valence-electron chi connectivity index (χ2n) is 8.11. The van der Waals surface area contributed by atoms with Crippen molar-refractivity contribution in [1.29, 1.82) is 0 Å². The lowest BCUT2D eigenvalue weighted by molar-refractivity contribution is -0.130. The van der Waals surface area contributed by atoms with Gasteiger partial charge in [0.25, 0.3) is 5.91 Å². The van der Waals surface area contributed by atoms with Crippen molar-refractivity contribution in [2.45, 2.75) is 6.04 Å². The molecule has 4 rings (SSSR count). The summed E-state index contributed by atoms with van der Waals surface area (Å²) in [7, 11) is 4.76. The monoisotopic (exact) mass is 472 g/mol. The second kappa shape index (κ2) is 10.2. The Balaban J connectivity index is 1.70. The van der Waals surface area contributed by atoms with Crippen LogP contribution in [-0.2, 0) is 4.79 Å². The van der Waals surface area contributed by atoms with Gasteiger partial charge < -0.3 is 15.0 Å². The van der Waals surface area contributed by atoms with Crippen molar-refractivity contribution in [2.24, 2.45) is 0 Å². The number of nitrogens with zero attached hydrogens (tertiary/aromatic N) is 2. The maximum Gasteiger partial charge on any atom is 0.255 e. The Labute approximate surface area is 202 Å². The van der Waals surface area contributed by atoms with E-state index in [1.807, 2.05) is 18.2 Å². The van der Waals surface area contributed by atoms with Crippen LogP contribution in [0.25, 0.3) is 23.1 Å². The molecule has 0 saturated carbocycles. The van der Waals surface area contributed by atoms with Gasteiger partial charge in [0, 0.05) is 14.1 Å². The lowest BCUT2D eigenvalue weighted by Crippen LogP contribution is -2.40.